The van der Waals surface area contributed by atoms with Crippen molar-refractivity contribution in [1.29, 1.82) is 0 Å². The van der Waals surface area contributed by atoms with Gasteiger partial charge in [-0.25, -0.2) is 0 Å². The molecule has 1 aromatic carbocycles. The zero-order valence-electron chi connectivity index (χ0n) is 12.9. The summed E-state index contributed by atoms with van der Waals surface area (Å²) >= 11 is 0. The monoisotopic (exact) mass is 316 g/mol. The number of carbonyl (C=O) groups excluding carboxylic acids is 1. The van der Waals surface area contributed by atoms with E-state index in [4.69, 9.17) is 4.42 Å². The van der Waals surface area contributed by atoms with Crippen molar-refractivity contribution in [3.05, 3.63) is 54.0 Å². The molecule has 0 aliphatic carbocycles. The Balaban J connectivity index is 1.93. The van der Waals surface area contributed by atoms with Crippen molar-refractivity contribution < 1.29 is 19.1 Å². The highest BCUT2D eigenvalue weighted by atomic mass is 16.4. The molecule has 0 unspecified atom stereocenters. The lowest BCUT2D eigenvalue weighted by atomic mass is 10.1. The third kappa shape index (κ3) is 4.96. The van der Waals surface area contributed by atoms with Crippen molar-refractivity contribution in [3.8, 4) is 0 Å². The van der Waals surface area contributed by atoms with E-state index in [-0.39, 0.29) is 18.9 Å². The Kier molecular flexibility index (Phi) is 5.94. The molecular weight excluding hydrogens is 296 g/mol. The number of anilines is 1. The molecule has 0 aliphatic rings. The Bertz CT molecular complexity index is 652. The molecule has 1 aromatic heterocycles. The van der Waals surface area contributed by atoms with E-state index in [0.29, 0.717) is 5.76 Å². The number of nitrogens with one attached hydrogen (secondary N) is 2. The lowest BCUT2D eigenvalue weighted by Gasteiger charge is -2.15. The molecule has 0 aliphatic heterocycles. The second kappa shape index (κ2) is 8.14. The van der Waals surface area contributed by atoms with E-state index in [2.05, 4.69) is 10.6 Å². The lowest BCUT2D eigenvalue weighted by Crippen LogP contribution is -2.39. The van der Waals surface area contributed by atoms with Gasteiger partial charge in [-0.3, -0.25) is 14.9 Å². The maximum Gasteiger partial charge on any atom is 0.321 e. The Morgan fingerprint density at radius 3 is 2.65 bits per heavy atom. The van der Waals surface area contributed by atoms with Gasteiger partial charge in [0, 0.05) is 5.69 Å². The summed E-state index contributed by atoms with van der Waals surface area (Å²) in [6.45, 7) is 2.25. The normalized spacial score (nSPS) is 11.9. The third-order valence-electron chi connectivity index (χ3n) is 3.46. The molecule has 1 amide bonds. The van der Waals surface area contributed by atoms with Gasteiger partial charge in [0.25, 0.3) is 0 Å². The summed E-state index contributed by atoms with van der Waals surface area (Å²) in [4.78, 5) is 23.4. The summed E-state index contributed by atoms with van der Waals surface area (Å²) in [6, 6.07) is 9.96. The molecule has 1 atom stereocenters. The summed E-state index contributed by atoms with van der Waals surface area (Å²) in [5.74, 6) is -0.797. The minimum absolute atomic E-state index is 0.159. The number of aliphatic carboxylic acids is 1. The van der Waals surface area contributed by atoms with Crippen molar-refractivity contribution in [3.63, 3.8) is 0 Å². The predicted octanol–water partition coefficient (Wildman–Crippen LogP) is 2.41. The van der Waals surface area contributed by atoms with E-state index in [1.807, 2.05) is 31.2 Å². The van der Waals surface area contributed by atoms with Crippen LogP contribution in [0.15, 0.2) is 47.1 Å². The molecule has 0 saturated carbocycles. The van der Waals surface area contributed by atoms with E-state index < -0.39 is 12.0 Å². The van der Waals surface area contributed by atoms with Crippen molar-refractivity contribution in [2.75, 3.05) is 5.32 Å². The van der Waals surface area contributed by atoms with E-state index in [0.717, 1.165) is 17.7 Å². The largest absolute Gasteiger partial charge is 0.480 e. The summed E-state index contributed by atoms with van der Waals surface area (Å²) in [5.41, 5.74) is 1.73. The first-order valence-electron chi connectivity index (χ1n) is 7.46. The zero-order chi connectivity index (χ0) is 16.7. The van der Waals surface area contributed by atoms with Crippen LogP contribution >= 0.6 is 0 Å². The first-order valence-corrected chi connectivity index (χ1v) is 7.46. The van der Waals surface area contributed by atoms with Crippen LogP contribution in [0.2, 0.25) is 0 Å². The van der Waals surface area contributed by atoms with E-state index in [1.165, 1.54) is 6.26 Å². The molecule has 3 N–H and O–H groups in total. The molecule has 6 heteroatoms. The number of benzene rings is 1. The zero-order valence-corrected chi connectivity index (χ0v) is 12.9. The van der Waals surface area contributed by atoms with Gasteiger partial charge in [-0.2, -0.15) is 0 Å². The molecule has 0 spiro atoms. The van der Waals surface area contributed by atoms with Gasteiger partial charge in [0.15, 0.2) is 0 Å². The van der Waals surface area contributed by atoms with Crippen molar-refractivity contribution in [1.82, 2.24) is 5.32 Å². The highest BCUT2D eigenvalue weighted by molar-refractivity contribution is 5.94. The lowest BCUT2D eigenvalue weighted by molar-refractivity contribution is -0.141. The summed E-state index contributed by atoms with van der Waals surface area (Å²) in [6.07, 6.45) is 2.14. The molecule has 2 rings (SSSR count). The Morgan fingerprint density at radius 1 is 1.22 bits per heavy atom. The fraction of sp³-hybridized carbons (Fsp3) is 0.294. The minimum Gasteiger partial charge on any atom is -0.480 e. The topological polar surface area (TPSA) is 91.6 Å². The SMILES string of the molecule is CCc1ccccc1NC(=O)C[C@@H](NCc1ccco1)C(=O)O. The Labute approximate surface area is 134 Å². The molecule has 0 saturated heterocycles. The first-order chi connectivity index (χ1) is 11.1. The molecule has 122 valence electrons. The van der Waals surface area contributed by atoms with Gasteiger partial charge in [-0.1, -0.05) is 25.1 Å². The fourth-order valence-electron chi connectivity index (χ4n) is 2.22. The van der Waals surface area contributed by atoms with Gasteiger partial charge in [0.2, 0.25) is 5.91 Å². The summed E-state index contributed by atoms with van der Waals surface area (Å²) in [7, 11) is 0. The van der Waals surface area contributed by atoms with Gasteiger partial charge >= 0.3 is 5.97 Å². The highest BCUT2D eigenvalue weighted by Crippen LogP contribution is 2.16. The minimum atomic E-state index is -1.07. The van der Waals surface area contributed by atoms with Crippen LogP contribution in [-0.4, -0.2) is 23.0 Å². The second-order valence-corrected chi connectivity index (χ2v) is 5.11. The number of hydrogen-bond donors (Lipinski definition) is 3. The van der Waals surface area contributed by atoms with Crippen LogP contribution in [0.5, 0.6) is 0 Å². The number of amides is 1. The summed E-state index contributed by atoms with van der Waals surface area (Å²) < 4.78 is 5.14. The number of hydrogen-bond acceptors (Lipinski definition) is 4. The average molecular weight is 316 g/mol. The predicted molar refractivity (Wildman–Crippen MR) is 86.0 cm³/mol. The Morgan fingerprint density at radius 2 is 2.00 bits per heavy atom. The van der Waals surface area contributed by atoms with Crippen LogP contribution in [0.1, 0.15) is 24.7 Å². The molecule has 0 fully saturated rings. The standard InChI is InChI=1S/C17H20N2O4/c1-2-12-6-3-4-8-14(12)19-16(20)10-15(17(21)22)18-11-13-7-5-9-23-13/h3-9,15,18H,2,10-11H2,1H3,(H,19,20)(H,21,22)/t15-/m1/s1. The van der Waals surface area contributed by atoms with E-state index >= 15 is 0 Å². The van der Waals surface area contributed by atoms with Crippen molar-refractivity contribution in [2.24, 2.45) is 0 Å². The molecule has 6 nitrogen and oxygen atoms in total. The fourth-order valence-corrected chi connectivity index (χ4v) is 2.22. The quantitative estimate of drug-likeness (QED) is 0.695. The number of aryl methyl sites for hydroxylation is 1. The number of para-hydroxylation sites is 1. The highest BCUT2D eigenvalue weighted by Gasteiger charge is 2.21. The van der Waals surface area contributed by atoms with Crippen LogP contribution in [0.3, 0.4) is 0 Å². The average Bonchev–Trinajstić information content (AvgIpc) is 3.05. The van der Waals surface area contributed by atoms with Crippen LogP contribution in [-0.2, 0) is 22.6 Å². The van der Waals surface area contributed by atoms with Gasteiger partial charge in [0.1, 0.15) is 11.8 Å². The van der Waals surface area contributed by atoms with Crippen LogP contribution in [0, 0.1) is 0 Å². The van der Waals surface area contributed by atoms with E-state index in [1.54, 1.807) is 12.1 Å². The molecule has 23 heavy (non-hydrogen) atoms. The molecule has 0 radical (unpaired) electrons. The van der Waals surface area contributed by atoms with Crippen molar-refractivity contribution >= 4 is 17.6 Å². The number of furan rings is 1. The smallest absolute Gasteiger partial charge is 0.321 e. The Hall–Kier alpha value is -2.60. The van der Waals surface area contributed by atoms with Gasteiger partial charge in [-0.15, -0.1) is 0 Å². The van der Waals surface area contributed by atoms with Crippen LogP contribution in [0.4, 0.5) is 5.69 Å². The maximum atomic E-state index is 12.1. The second-order valence-electron chi connectivity index (χ2n) is 5.11. The van der Waals surface area contributed by atoms with E-state index in [9.17, 15) is 14.7 Å². The van der Waals surface area contributed by atoms with Gasteiger partial charge in [0.05, 0.1) is 19.2 Å². The number of carboxylic acid groups (broad SMARTS) is 1. The van der Waals surface area contributed by atoms with Crippen molar-refractivity contribution in [2.45, 2.75) is 32.4 Å². The molecular formula is C17H20N2O4. The number of carboxylic acids is 1. The number of carbonyl (C=O) groups is 2. The molecule has 2 aromatic rings. The first kappa shape index (κ1) is 16.8. The molecule has 0 bridgehead atoms. The molecule has 1 heterocycles. The van der Waals surface area contributed by atoms with Gasteiger partial charge < -0.3 is 14.8 Å². The van der Waals surface area contributed by atoms with Gasteiger partial charge in [-0.05, 0) is 30.2 Å². The summed E-state index contributed by atoms with van der Waals surface area (Å²) in [5, 5.41) is 14.8. The number of rotatable bonds is 8. The van der Waals surface area contributed by atoms with Crippen LogP contribution in [0.25, 0.3) is 0 Å². The maximum absolute atomic E-state index is 12.1. The third-order valence-corrected chi connectivity index (χ3v) is 3.46. The van der Waals surface area contributed by atoms with Crippen LogP contribution < -0.4 is 10.6 Å².